The highest BCUT2D eigenvalue weighted by Gasteiger charge is 2.36. The molecular weight excluding hydrogens is 358 g/mol. The zero-order valence-electron chi connectivity index (χ0n) is 15.4. The molecule has 1 aromatic heterocycles. The highest BCUT2D eigenvalue weighted by atomic mass is 32.1. The second-order valence-electron chi connectivity index (χ2n) is 7.66. The van der Waals surface area contributed by atoms with Gasteiger partial charge in [-0.05, 0) is 48.8 Å². The summed E-state index contributed by atoms with van der Waals surface area (Å²) in [5, 5.41) is 9.71. The van der Waals surface area contributed by atoms with Crippen LogP contribution in [-0.4, -0.2) is 27.9 Å². The lowest BCUT2D eigenvalue weighted by molar-refractivity contribution is -0.138. The van der Waals surface area contributed by atoms with E-state index in [1.165, 1.54) is 37.0 Å². The summed E-state index contributed by atoms with van der Waals surface area (Å²) in [7, 11) is 0. The highest BCUT2D eigenvalue weighted by Crippen LogP contribution is 2.38. The van der Waals surface area contributed by atoms with E-state index in [0.717, 1.165) is 28.8 Å². The SMILES string of the molecule is O=C(O)c1sc(-c2ccccc2)cc1CN1C(=O)CCCC1C1CCCC1. The van der Waals surface area contributed by atoms with Gasteiger partial charge < -0.3 is 10.0 Å². The standard InChI is InChI=1S/C22H25NO3S/c24-20-12-6-11-18(15-7-4-5-8-15)23(20)14-17-13-19(27-21(17)22(25)26)16-9-2-1-3-10-16/h1-3,9-10,13,15,18H,4-8,11-12,14H2,(H,25,26). The maximum atomic E-state index is 12.7. The van der Waals surface area contributed by atoms with Crippen molar-refractivity contribution >= 4 is 23.2 Å². The number of hydrogen-bond donors (Lipinski definition) is 1. The van der Waals surface area contributed by atoms with Crippen LogP contribution in [0.15, 0.2) is 36.4 Å². The van der Waals surface area contributed by atoms with Gasteiger partial charge in [-0.2, -0.15) is 0 Å². The number of hydrogen-bond acceptors (Lipinski definition) is 3. The fraction of sp³-hybridized carbons (Fsp3) is 0.455. The summed E-state index contributed by atoms with van der Waals surface area (Å²) >= 11 is 1.31. The first-order valence-corrected chi connectivity index (χ1v) is 10.7. The maximum absolute atomic E-state index is 12.7. The Morgan fingerprint density at radius 3 is 2.56 bits per heavy atom. The third-order valence-electron chi connectivity index (χ3n) is 5.96. The lowest BCUT2D eigenvalue weighted by Crippen LogP contribution is -2.46. The predicted octanol–water partition coefficient (Wildman–Crippen LogP) is 5.18. The van der Waals surface area contributed by atoms with Gasteiger partial charge in [0, 0.05) is 23.9 Å². The van der Waals surface area contributed by atoms with Crippen LogP contribution in [0.3, 0.4) is 0 Å². The molecule has 1 aliphatic heterocycles. The molecule has 1 amide bonds. The lowest BCUT2D eigenvalue weighted by Gasteiger charge is -2.39. The zero-order chi connectivity index (χ0) is 18.8. The van der Waals surface area contributed by atoms with Gasteiger partial charge in [-0.25, -0.2) is 4.79 Å². The Hall–Kier alpha value is -2.14. The van der Waals surface area contributed by atoms with Gasteiger partial charge in [-0.15, -0.1) is 11.3 Å². The molecule has 27 heavy (non-hydrogen) atoms. The first-order valence-electron chi connectivity index (χ1n) is 9.84. The minimum Gasteiger partial charge on any atom is -0.477 e. The highest BCUT2D eigenvalue weighted by molar-refractivity contribution is 7.17. The van der Waals surface area contributed by atoms with Gasteiger partial charge in [0.15, 0.2) is 0 Å². The Morgan fingerprint density at radius 2 is 1.85 bits per heavy atom. The second kappa shape index (κ2) is 7.85. The molecule has 1 atom stereocenters. The van der Waals surface area contributed by atoms with E-state index in [1.54, 1.807) is 0 Å². The summed E-state index contributed by atoms with van der Waals surface area (Å²) in [5.41, 5.74) is 1.79. The van der Waals surface area contributed by atoms with Crippen LogP contribution in [0.5, 0.6) is 0 Å². The quantitative estimate of drug-likeness (QED) is 0.773. The molecule has 2 fully saturated rings. The number of amides is 1. The minimum absolute atomic E-state index is 0.182. The molecule has 0 radical (unpaired) electrons. The molecule has 1 saturated heterocycles. The van der Waals surface area contributed by atoms with Crippen LogP contribution < -0.4 is 0 Å². The van der Waals surface area contributed by atoms with E-state index >= 15 is 0 Å². The largest absolute Gasteiger partial charge is 0.477 e. The van der Waals surface area contributed by atoms with Crippen LogP contribution >= 0.6 is 11.3 Å². The van der Waals surface area contributed by atoms with Gasteiger partial charge in [0.05, 0.1) is 0 Å². The summed E-state index contributed by atoms with van der Waals surface area (Å²) < 4.78 is 0. The Balaban J connectivity index is 1.64. The Morgan fingerprint density at radius 1 is 1.11 bits per heavy atom. The number of carboxylic acids is 1. The minimum atomic E-state index is -0.904. The van der Waals surface area contributed by atoms with Crippen molar-refractivity contribution in [1.82, 2.24) is 4.90 Å². The van der Waals surface area contributed by atoms with Crippen molar-refractivity contribution in [2.75, 3.05) is 0 Å². The molecule has 5 heteroatoms. The second-order valence-corrected chi connectivity index (χ2v) is 8.71. The van der Waals surface area contributed by atoms with Crippen LogP contribution in [0.2, 0.25) is 0 Å². The van der Waals surface area contributed by atoms with Crippen LogP contribution in [0, 0.1) is 5.92 Å². The maximum Gasteiger partial charge on any atom is 0.346 e. The number of benzene rings is 1. The van der Waals surface area contributed by atoms with E-state index in [9.17, 15) is 14.7 Å². The normalized spacial score (nSPS) is 21.0. The number of nitrogens with zero attached hydrogens (tertiary/aromatic N) is 1. The molecule has 4 rings (SSSR count). The van der Waals surface area contributed by atoms with Crippen molar-refractivity contribution in [3.63, 3.8) is 0 Å². The molecule has 1 N–H and O–H groups in total. The van der Waals surface area contributed by atoms with Crippen molar-refractivity contribution < 1.29 is 14.7 Å². The molecule has 4 nitrogen and oxygen atoms in total. The number of piperidine rings is 1. The van der Waals surface area contributed by atoms with Crippen molar-refractivity contribution in [2.45, 2.75) is 57.5 Å². The lowest BCUT2D eigenvalue weighted by atomic mass is 9.88. The summed E-state index contributed by atoms with van der Waals surface area (Å²) in [6.07, 6.45) is 7.48. The Kier molecular flexibility index (Phi) is 5.30. The molecule has 142 valence electrons. The molecule has 1 aromatic carbocycles. The first kappa shape index (κ1) is 18.2. The number of carboxylic acid groups (broad SMARTS) is 1. The topological polar surface area (TPSA) is 57.6 Å². The Labute approximate surface area is 163 Å². The van der Waals surface area contributed by atoms with E-state index in [0.29, 0.717) is 23.8 Å². The first-order chi connectivity index (χ1) is 13.1. The molecular formula is C22H25NO3S. The third kappa shape index (κ3) is 3.79. The van der Waals surface area contributed by atoms with E-state index in [4.69, 9.17) is 0 Å². The molecule has 0 bridgehead atoms. The van der Waals surface area contributed by atoms with Crippen LogP contribution in [0.1, 0.15) is 60.2 Å². The van der Waals surface area contributed by atoms with Crippen molar-refractivity contribution in [3.8, 4) is 10.4 Å². The molecule has 0 spiro atoms. The van der Waals surface area contributed by atoms with E-state index in [2.05, 4.69) is 0 Å². The van der Waals surface area contributed by atoms with E-state index in [-0.39, 0.29) is 11.9 Å². The van der Waals surface area contributed by atoms with Crippen molar-refractivity contribution in [3.05, 3.63) is 46.8 Å². The monoisotopic (exact) mass is 383 g/mol. The average molecular weight is 384 g/mol. The van der Waals surface area contributed by atoms with Crippen molar-refractivity contribution in [1.29, 1.82) is 0 Å². The summed E-state index contributed by atoms with van der Waals surface area (Å²) in [6.45, 7) is 0.422. The number of aromatic carboxylic acids is 1. The molecule has 2 heterocycles. The number of carbonyl (C=O) groups excluding carboxylic acids is 1. The van der Waals surface area contributed by atoms with Gasteiger partial charge in [0.1, 0.15) is 4.88 Å². The van der Waals surface area contributed by atoms with E-state index in [1.807, 2.05) is 41.3 Å². The fourth-order valence-corrected chi connectivity index (χ4v) is 5.66. The van der Waals surface area contributed by atoms with E-state index < -0.39 is 5.97 Å². The average Bonchev–Trinajstić information content (AvgIpc) is 3.34. The van der Waals surface area contributed by atoms with Gasteiger partial charge in [-0.3, -0.25) is 4.79 Å². The molecule has 1 unspecified atom stereocenters. The zero-order valence-corrected chi connectivity index (χ0v) is 16.2. The van der Waals surface area contributed by atoms with Crippen LogP contribution in [0.25, 0.3) is 10.4 Å². The van der Waals surface area contributed by atoms with Gasteiger partial charge in [0.2, 0.25) is 5.91 Å². The number of likely N-dealkylation sites (tertiary alicyclic amines) is 1. The molecule has 1 aliphatic carbocycles. The number of thiophene rings is 1. The number of carbonyl (C=O) groups is 2. The van der Waals surface area contributed by atoms with Crippen LogP contribution in [0.4, 0.5) is 0 Å². The summed E-state index contributed by atoms with van der Waals surface area (Å²) in [4.78, 5) is 27.8. The molecule has 2 aliphatic rings. The van der Waals surface area contributed by atoms with Gasteiger partial charge >= 0.3 is 5.97 Å². The smallest absolute Gasteiger partial charge is 0.346 e. The molecule has 2 aromatic rings. The number of rotatable bonds is 5. The summed E-state index contributed by atoms with van der Waals surface area (Å²) in [5.74, 6) is -0.143. The summed E-state index contributed by atoms with van der Waals surface area (Å²) in [6, 6.07) is 12.1. The Bertz CT molecular complexity index is 823. The predicted molar refractivity (Wildman–Crippen MR) is 107 cm³/mol. The fourth-order valence-electron chi connectivity index (χ4n) is 4.64. The third-order valence-corrected chi connectivity index (χ3v) is 7.17. The molecule has 1 saturated carbocycles. The van der Waals surface area contributed by atoms with Crippen LogP contribution in [-0.2, 0) is 11.3 Å². The van der Waals surface area contributed by atoms with Gasteiger partial charge in [0.25, 0.3) is 0 Å². The van der Waals surface area contributed by atoms with Crippen molar-refractivity contribution in [2.24, 2.45) is 5.92 Å². The van der Waals surface area contributed by atoms with Gasteiger partial charge in [-0.1, -0.05) is 43.2 Å².